The number of para-hydroxylation sites is 1. The average Bonchev–Trinajstić information content (AvgIpc) is 3.16. The monoisotopic (exact) mass is 409 g/mol. The lowest BCUT2D eigenvalue weighted by atomic mass is 9.89. The molecule has 0 atom stereocenters. The molecule has 0 spiro atoms. The van der Waals surface area contributed by atoms with E-state index in [4.69, 9.17) is 9.47 Å². The van der Waals surface area contributed by atoms with Crippen LogP contribution in [0, 0.1) is 6.92 Å². The quantitative estimate of drug-likeness (QED) is 0.583. The fraction of sp³-hybridized carbons (Fsp3) is 0.409. The van der Waals surface area contributed by atoms with Crippen molar-refractivity contribution in [2.75, 3.05) is 43.6 Å². The first-order valence-corrected chi connectivity index (χ1v) is 10.2. The lowest BCUT2D eigenvalue weighted by Gasteiger charge is -2.41. The number of ether oxygens (including phenoxy) is 2. The molecule has 8 heteroatoms. The molecule has 1 aromatic carbocycles. The van der Waals surface area contributed by atoms with E-state index in [9.17, 15) is 4.79 Å². The van der Waals surface area contributed by atoms with Gasteiger partial charge in [0.1, 0.15) is 23.4 Å². The van der Waals surface area contributed by atoms with Gasteiger partial charge < -0.3 is 24.7 Å². The standard InChI is InChI=1S/C22H27N5O3/c1-16-14-23-19-18(16)20(25-15-24-19)27-10-8-22(9-11-27,30-13-12-29-2)21(28)26-17-6-4-3-5-7-17/h3-7,14-15H,8-13H2,1-2H3,(H,26,28)(H,23,24,25). The maximum atomic E-state index is 13.2. The van der Waals surface area contributed by atoms with Crippen molar-refractivity contribution >= 4 is 28.4 Å². The van der Waals surface area contributed by atoms with E-state index in [0.29, 0.717) is 39.1 Å². The second-order valence-corrected chi connectivity index (χ2v) is 7.54. The summed E-state index contributed by atoms with van der Waals surface area (Å²) < 4.78 is 11.3. The van der Waals surface area contributed by atoms with Gasteiger partial charge in [0.05, 0.1) is 18.6 Å². The van der Waals surface area contributed by atoms with Crippen LogP contribution in [0.3, 0.4) is 0 Å². The summed E-state index contributed by atoms with van der Waals surface area (Å²) in [6.45, 7) is 4.17. The molecule has 158 valence electrons. The molecule has 2 aromatic heterocycles. The van der Waals surface area contributed by atoms with Crippen LogP contribution in [0.2, 0.25) is 0 Å². The van der Waals surface area contributed by atoms with Gasteiger partial charge in [-0.05, 0) is 24.6 Å². The number of anilines is 2. The minimum atomic E-state index is -0.899. The Kier molecular flexibility index (Phi) is 5.96. The molecule has 0 unspecified atom stereocenters. The van der Waals surface area contributed by atoms with Crippen LogP contribution in [0.4, 0.5) is 11.5 Å². The maximum Gasteiger partial charge on any atom is 0.256 e. The van der Waals surface area contributed by atoms with Gasteiger partial charge in [0.2, 0.25) is 0 Å². The summed E-state index contributed by atoms with van der Waals surface area (Å²) in [6, 6.07) is 9.47. The van der Waals surface area contributed by atoms with Crippen LogP contribution in [0.5, 0.6) is 0 Å². The zero-order chi connectivity index (χ0) is 21.0. The number of aryl methyl sites for hydroxylation is 1. The van der Waals surface area contributed by atoms with Crippen molar-refractivity contribution < 1.29 is 14.3 Å². The molecule has 30 heavy (non-hydrogen) atoms. The van der Waals surface area contributed by atoms with Crippen LogP contribution in [0.25, 0.3) is 11.0 Å². The Morgan fingerprint density at radius 1 is 1.20 bits per heavy atom. The first-order valence-electron chi connectivity index (χ1n) is 10.2. The van der Waals surface area contributed by atoms with Crippen LogP contribution in [-0.4, -0.2) is 59.9 Å². The van der Waals surface area contributed by atoms with Gasteiger partial charge in [0.25, 0.3) is 5.91 Å². The van der Waals surface area contributed by atoms with Crippen molar-refractivity contribution in [3.63, 3.8) is 0 Å². The fourth-order valence-corrected chi connectivity index (χ4v) is 3.94. The Bertz CT molecular complexity index is 996. The van der Waals surface area contributed by atoms with Crippen molar-refractivity contribution in [3.05, 3.63) is 48.4 Å². The molecule has 4 rings (SSSR count). The summed E-state index contributed by atoms with van der Waals surface area (Å²) in [4.78, 5) is 27.5. The van der Waals surface area contributed by atoms with Gasteiger partial charge in [-0.1, -0.05) is 18.2 Å². The Morgan fingerprint density at radius 2 is 1.97 bits per heavy atom. The first kappa shape index (κ1) is 20.3. The van der Waals surface area contributed by atoms with Crippen molar-refractivity contribution in [2.45, 2.75) is 25.4 Å². The second kappa shape index (κ2) is 8.81. The predicted molar refractivity (Wildman–Crippen MR) is 116 cm³/mol. The van der Waals surface area contributed by atoms with Gasteiger partial charge in [-0.15, -0.1) is 0 Å². The summed E-state index contributed by atoms with van der Waals surface area (Å²) in [5.74, 6) is 0.780. The zero-order valence-corrected chi connectivity index (χ0v) is 17.4. The molecule has 1 fully saturated rings. The molecule has 8 nitrogen and oxygen atoms in total. The molecule has 0 radical (unpaired) electrons. The molecular weight excluding hydrogens is 382 g/mol. The van der Waals surface area contributed by atoms with Crippen LogP contribution in [0.15, 0.2) is 42.9 Å². The molecule has 2 N–H and O–H groups in total. The second-order valence-electron chi connectivity index (χ2n) is 7.54. The minimum Gasteiger partial charge on any atom is -0.382 e. The topological polar surface area (TPSA) is 92.4 Å². The molecule has 0 bridgehead atoms. The van der Waals surface area contributed by atoms with E-state index in [1.54, 1.807) is 13.4 Å². The number of aromatic amines is 1. The van der Waals surface area contributed by atoms with Gasteiger partial charge >= 0.3 is 0 Å². The lowest BCUT2D eigenvalue weighted by Crippen LogP contribution is -2.54. The van der Waals surface area contributed by atoms with Gasteiger partial charge in [-0.25, -0.2) is 9.97 Å². The van der Waals surface area contributed by atoms with E-state index >= 15 is 0 Å². The number of hydrogen-bond donors (Lipinski definition) is 2. The van der Waals surface area contributed by atoms with E-state index in [0.717, 1.165) is 28.1 Å². The minimum absolute atomic E-state index is 0.116. The highest BCUT2D eigenvalue weighted by Crippen LogP contribution is 2.33. The third-order valence-electron chi connectivity index (χ3n) is 5.63. The van der Waals surface area contributed by atoms with Crippen LogP contribution in [0.1, 0.15) is 18.4 Å². The Hall–Kier alpha value is -2.97. The molecule has 1 aliphatic rings. The van der Waals surface area contributed by atoms with Crippen LogP contribution < -0.4 is 10.2 Å². The van der Waals surface area contributed by atoms with E-state index in [1.807, 2.05) is 43.5 Å². The normalized spacial score (nSPS) is 16.0. The van der Waals surface area contributed by atoms with E-state index < -0.39 is 5.60 Å². The Morgan fingerprint density at radius 3 is 2.70 bits per heavy atom. The van der Waals surface area contributed by atoms with Crippen molar-refractivity contribution in [3.8, 4) is 0 Å². The van der Waals surface area contributed by atoms with E-state index in [-0.39, 0.29) is 5.91 Å². The third kappa shape index (κ3) is 4.01. The number of H-pyrrole nitrogens is 1. The Balaban J connectivity index is 1.53. The van der Waals surface area contributed by atoms with E-state index in [2.05, 4.69) is 25.2 Å². The summed E-state index contributed by atoms with van der Waals surface area (Å²) in [6.07, 6.45) is 4.64. The lowest BCUT2D eigenvalue weighted by molar-refractivity contribution is -0.146. The number of methoxy groups -OCH3 is 1. The summed E-state index contributed by atoms with van der Waals surface area (Å²) in [7, 11) is 1.63. The number of fused-ring (bicyclic) bond motifs is 1. The SMILES string of the molecule is COCCOC1(C(=O)Nc2ccccc2)CCN(c2ncnc3[nH]cc(C)c23)CC1. The maximum absolute atomic E-state index is 13.2. The number of piperidine rings is 1. The number of aromatic nitrogens is 3. The number of amides is 1. The number of nitrogens with one attached hydrogen (secondary N) is 2. The predicted octanol–water partition coefficient (Wildman–Crippen LogP) is 2.91. The number of nitrogens with zero attached hydrogens (tertiary/aromatic N) is 3. The zero-order valence-electron chi connectivity index (χ0n) is 17.4. The number of hydrogen-bond acceptors (Lipinski definition) is 6. The molecule has 1 aliphatic heterocycles. The molecule has 0 aliphatic carbocycles. The van der Waals surface area contributed by atoms with Gasteiger partial charge in [-0.3, -0.25) is 4.79 Å². The van der Waals surface area contributed by atoms with Crippen LogP contribution >= 0.6 is 0 Å². The Labute approximate surface area is 175 Å². The molecule has 1 amide bonds. The molecule has 3 aromatic rings. The third-order valence-corrected chi connectivity index (χ3v) is 5.63. The average molecular weight is 409 g/mol. The molecule has 0 saturated carbocycles. The fourth-order valence-electron chi connectivity index (χ4n) is 3.94. The summed E-state index contributed by atoms with van der Waals surface area (Å²) in [5, 5.41) is 4.04. The highest BCUT2D eigenvalue weighted by molar-refractivity contribution is 5.98. The highest BCUT2D eigenvalue weighted by Gasteiger charge is 2.43. The number of benzene rings is 1. The van der Waals surface area contributed by atoms with Gasteiger partial charge in [-0.2, -0.15) is 0 Å². The van der Waals surface area contributed by atoms with Crippen molar-refractivity contribution in [1.29, 1.82) is 0 Å². The molecule has 3 heterocycles. The first-order chi connectivity index (χ1) is 14.6. The van der Waals surface area contributed by atoms with Crippen molar-refractivity contribution in [1.82, 2.24) is 15.0 Å². The molecular formula is C22H27N5O3. The van der Waals surface area contributed by atoms with Gasteiger partial charge in [0.15, 0.2) is 0 Å². The van der Waals surface area contributed by atoms with Crippen LogP contribution in [-0.2, 0) is 14.3 Å². The summed E-state index contributed by atoms with van der Waals surface area (Å²) in [5.41, 5.74) is 1.80. The smallest absolute Gasteiger partial charge is 0.256 e. The largest absolute Gasteiger partial charge is 0.382 e. The number of carbonyl (C=O) groups is 1. The highest BCUT2D eigenvalue weighted by atomic mass is 16.5. The summed E-state index contributed by atoms with van der Waals surface area (Å²) >= 11 is 0. The number of carbonyl (C=O) groups excluding carboxylic acids is 1. The van der Waals surface area contributed by atoms with E-state index in [1.165, 1.54) is 0 Å². The molecule has 1 saturated heterocycles. The van der Waals surface area contributed by atoms with Crippen molar-refractivity contribution in [2.24, 2.45) is 0 Å². The van der Waals surface area contributed by atoms with Gasteiger partial charge in [0, 0.05) is 44.9 Å². The number of rotatable bonds is 7.